The van der Waals surface area contributed by atoms with Crippen LogP contribution in [0.4, 0.5) is 0 Å². The van der Waals surface area contributed by atoms with Crippen LogP contribution in [0, 0.1) is 0 Å². The van der Waals surface area contributed by atoms with Crippen molar-refractivity contribution in [2.24, 2.45) is 0 Å². The summed E-state index contributed by atoms with van der Waals surface area (Å²) in [5, 5.41) is 4.45. The molecule has 25 heavy (non-hydrogen) atoms. The van der Waals surface area contributed by atoms with Gasteiger partial charge < -0.3 is 4.42 Å². The van der Waals surface area contributed by atoms with Crippen molar-refractivity contribution < 1.29 is 4.42 Å². The normalized spacial score (nSPS) is 11.2. The van der Waals surface area contributed by atoms with Crippen LogP contribution >= 0.6 is 0 Å². The summed E-state index contributed by atoms with van der Waals surface area (Å²) < 4.78 is 6.15. The van der Waals surface area contributed by atoms with Gasteiger partial charge in [-0.2, -0.15) is 0 Å². The summed E-state index contributed by atoms with van der Waals surface area (Å²) in [6.07, 6.45) is 3.63. The molecule has 118 valence electrons. The first kappa shape index (κ1) is 13.9. The Kier molecular flexibility index (Phi) is 3.10. The first-order valence-electron chi connectivity index (χ1n) is 8.18. The minimum Gasteiger partial charge on any atom is -0.453 e. The van der Waals surface area contributed by atoms with Crippen LogP contribution in [0.1, 0.15) is 0 Å². The molecule has 0 radical (unpaired) electrons. The van der Waals surface area contributed by atoms with Crippen molar-refractivity contribution >= 4 is 21.5 Å². The minimum absolute atomic E-state index is 0.751. The van der Waals surface area contributed by atoms with Crippen LogP contribution < -0.4 is 0 Å². The summed E-state index contributed by atoms with van der Waals surface area (Å²) >= 11 is 0. The van der Waals surface area contributed by atoms with Crippen LogP contribution in [0.15, 0.2) is 89.6 Å². The fourth-order valence-electron chi connectivity index (χ4n) is 3.22. The fourth-order valence-corrected chi connectivity index (χ4v) is 3.22. The second-order valence-corrected chi connectivity index (χ2v) is 5.93. The number of hydrogen-bond acceptors (Lipinski definition) is 3. The number of hydrogen-bond donors (Lipinski definition) is 0. The van der Waals surface area contributed by atoms with Gasteiger partial charge in [0, 0.05) is 23.2 Å². The van der Waals surface area contributed by atoms with Crippen molar-refractivity contribution in [1.82, 2.24) is 9.97 Å². The summed E-state index contributed by atoms with van der Waals surface area (Å²) in [7, 11) is 0. The van der Waals surface area contributed by atoms with Crippen molar-refractivity contribution in [1.29, 1.82) is 0 Å². The maximum atomic E-state index is 6.15. The van der Waals surface area contributed by atoms with Gasteiger partial charge in [-0.3, -0.25) is 9.97 Å². The molecule has 3 nitrogen and oxygen atoms in total. The monoisotopic (exact) mass is 322 g/mol. The third-order valence-electron chi connectivity index (χ3n) is 4.42. The first-order valence-corrected chi connectivity index (χ1v) is 8.18. The predicted octanol–water partition coefficient (Wildman–Crippen LogP) is 5.71. The van der Waals surface area contributed by atoms with Gasteiger partial charge in [0.05, 0.1) is 0 Å². The van der Waals surface area contributed by atoms with E-state index in [0.717, 1.165) is 44.5 Å². The molecule has 0 aliphatic carbocycles. The maximum absolute atomic E-state index is 6.15. The molecule has 0 saturated carbocycles. The van der Waals surface area contributed by atoms with Crippen molar-refractivity contribution in [2.45, 2.75) is 0 Å². The number of benzene rings is 2. The first-order chi connectivity index (χ1) is 12.4. The number of nitrogens with zero attached hydrogens (tertiary/aromatic N) is 2. The molecule has 3 aromatic heterocycles. The Morgan fingerprint density at radius 2 is 1.00 bits per heavy atom. The van der Waals surface area contributed by atoms with E-state index in [1.54, 1.807) is 0 Å². The number of furan rings is 1. The van der Waals surface area contributed by atoms with Gasteiger partial charge >= 0.3 is 0 Å². The largest absolute Gasteiger partial charge is 0.453 e. The Balaban J connectivity index is 1.69. The molecule has 2 aromatic carbocycles. The summed E-state index contributed by atoms with van der Waals surface area (Å²) in [5.41, 5.74) is 1.70. The molecule has 0 fully saturated rings. The number of fused-ring (bicyclic) bond motifs is 2. The van der Waals surface area contributed by atoms with Gasteiger partial charge in [-0.1, -0.05) is 48.5 Å². The zero-order valence-corrected chi connectivity index (χ0v) is 13.4. The minimum atomic E-state index is 0.751. The molecule has 5 rings (SSSR count). The van der Waals surface area contributed by atoms with E-state index in [-0.39, 0.29) is 0 Å². The van der Waals surface area contributed by atoms with E-state index in [0.29, 0.717) is 0 Å². The van der Waals surface area contributed by atoms with Gasteiger partial charge in [-0.05, 0) is 35.0 Å². The molecule has 5 aromatic rings. The highest BCUT2D eigenvalue weighted by Gasteiger charge is 2.13. The number of pyridine rings is 2. The van der Waals surface area contributed by atoms with Crippen LogP contribution in [0.25, 0.3) is 44.5 Å². The molecule has 0 aliphatic heterocycles. The zero-order valence-electron chi connectivity index (χ0n) is 13.4. The lowest BCUT2D eigenvalue weighted by Crippen LogP contribution is -1.85. The molecule has 3 heterocycles. The van der Waals surface area contributed by atoms with E-state index in [2.05, 4.69) is 34.2 Å². The topological polar surface area (TPSA) is 38.9 Å². The highest BCUT2D eigenvalue weighted by molar-refractivity contribution is 5.95. The third-order valence-corrected chi connectivity index (χ3v) is 4.42. The van der Waals surface area contributed by atoms with Crippen LogP contribution in [-0.4, -0.2) is 9.97 Å². The lowest BCUT2D eigenvalue weighted by atomic mass is 10.1. The smallest absolute Gasteiger partial charge is 0.153 e. The number of aromatic nitrogens is 2. The summed E-state index contributed by atoms with van der Waals surface area (Å²) in [6.45, 7) is 0. The summed E-state index contributed by atoms with van der Waals surface area (Å²) in [5.74, 6) is 1.50. The SMILES string of the molecule is c1ccc2c(-c3ccc(-c4nccc5ccccc45)o3)nccc2c1. The Morgan fingerprint density at radius 3 is 1.52 bits per heavy atom. The van der Waals surface area contributed by atoms with Crippen LogP contribution in [0.3, 0.4) is 0 Å². The predicted molar refractivity (Wildman–Crippen MR) is 100 cm³/mol. The highest BCUT2D eigenvalue weighted by Crippen LogP contribution is 2.33. The quantitative estimate of drug-likeness (QED) is 0.418. The van der Waals surface area contributed by atoms with Crippen molar-refractivity contribution in [3.8, 4) is 22.9 Å². The number of rotatable bonds is 2. The van der Waals surface area contributed by atoms with Gasteiger partial charge in [0.15, 0.2) is 11.5 Å². The van der Waals surface area contributed by atoms with Crippen molar-refractivity contribution in [3.05, 3.63) is 85.2 Å². The molecular weight excluding hydrogens is 308 g/mol. The average molecular weight is 322 g/mol. The van der Waals surface area contributed by atoms with Gasteiger partial charge in [0.25, 0.3) is 0 Å². The highest BCUT2D eigenvalue weighted by atomic mass is 16.3. The van der Waals surface area contributed by atoms with E-state index >= 15 is 0 Å². The fraction of sp³-hybridized carbons (Fsp3) is 0. The van der Waals surface area contributed by atoms with Gasteiger partial charge in [0.1, 0.15) is 11.4 Å². The molecule has 3 heteroatoms. The third kappa shape index (κ3) is 2.29. The van der Waals surface area contributed by atoms with E-state index in [4.69, 9.17) is 4.42 Å². The molecule has 0 spiro atoms. The molecule has 0 bridgehead atoms. The molecule has 0 unspecified atom stereocenters. The van der Waals surface area contributed by atoms with Gasteiger partial charge in [-0.15, -0.1) is 0 Å². The lowest BCUT2D eigenvalue weighted by Gasteiger charge is -2.04. The maximum Gasteiger partial charge on any atom is 0.153 e. The van der Waals surface area contributed by atoms with Gasteiger partial charge in [-0.25, -0.2) is 0 Å². The van der Waals surface area contributed by atoms with Crippen molar-refractivity contribution in [2.75, 3.05) is 0 Å². The Labute approximate surface area is 144 Å². The zero-order chi connectivity index (χ0) is 16.6. The van der Waals surface area contributed by atoms with Gasteiger partial charge in [0.2, 0.25) is 0 Å². The Hall–Kier alpha value is -3.46. The molecule has 0 amide bonds. The molecular formula is C22H14N2O. The van der Waals surface area contributed by atoms with Crippen LogP contribution in [0.2, 0.25) is 0 Å². The molecule has 0 saturated heterocycles. The van der Waals surface area contributed by atoms with Crippen molar-refractivity contribution in [3.63, 3.8) is 0 Å². The summed E-state index contributed by atoms with van der Waals surface area (Å²) in [4.78, 5) is 9.06. The van der Waals surface area contributed by atoms with Crippen LogP contribution in [-0.2, 0) is 0 Å². The molecule has 0 aliphatic rings. The average Bonchev–Trinajstić information content (AvgIpc) is 3.17. The van der Waals surface area contributed by atoms with E-state index in [1.165, 1.54) is 0 Å². The lowest BCUT2D eigenvalue weighted by molar-refractivity contribution is 0.594. The van der Waals surface area contributed by atoms with Crippen LogP contribution in [0.5, 0.6) is 0 Å². The molecule has 0 atom stereocenters. The second kappa shape index (κ2) is 5.56. The van der Waals surface area contributed by atoms with E-state index in [9.17, 15) is 0 Å². The van der Waals surface area contributed by atoms with E-state index < -0.39 is 0 Å². The van der Waals surface area contributed by atoms with E-state index in [1.807, 2.05) is 60.9 Å². The summed E-state index contributed by atoms with van der Waals surface area (Å²) in [6, 6.07) is 24.3. The molecule has 0 N–H and O–H groups in total. The standard InChI is InChI=1S/C22H14N2O/c1-3-7-17-15(5-1)11-13-23-21(17)19-9-10-20(25-19)22-18-8-4-2-6-16(18)12-14-24-22/h1-14H. The second-order valence-electron chi connectivity index (χ2n) is 5.93. The Morgan fingerprint density at radius 1 is 0.520 bits per heavy atom. The Bertz CT molecular complexity index is 1100.